The molecule has 1 aromatic heterocycles. The molecule has 4 heteroatoms. The van der Waals surface area contributed by atoms with Crippen LogP contribution < -0.4 is 10.2 Å². The number of methoxy groups -OCH3 is 1. The third-order valence-corrected chi connectivity index (χ3v) is 7.69. The highest BCUT2D eigenvalue weighted by atomic mass is 16.6. The van der Waals surface area contributed by atoms with Crippen LogP contribution in [0.25, 0.3) is 0 Å². The monoisotopic (exact) mass is 398 g/mol. The molecule has 1 heterocycles. The van der Waals surface area contributed by atoms with Crippen molar-refractivity contribution in [3.63, 3.8) is 0 Å². The van der Waals surface area contributed by atoms with E-state index in [-0.39, 0.29) is 33.9 Å². The van der Waals surface area contributed by atoms with E-state index in [9.17, 15) is 9.59 Å². The Bertz CT molecular complexity index is 979. The first-order chi connectivity index (χ1) is 13.4. The minimum atomic E-state index is -0.283. The lowest BCUT2D eigenvalue weighted by molar-refractivity contribution is -0.120. The molecular formula is C25H34O4. The zero-order valence-corrected chi connectivity index (χ0v) is 19.2. The third kappa shape index (κ3) is 2.86. The molecule has 1 aromatic rings. The van der Waals surface area contributed by atoms with Gasteiger partial charge in [0, 0.05) is 34.7 Å². The summed E-state index contributed by atoms with van der Waals surface area (Å²) in [5.41, 5.74) is 3.36. The van der Waals surface area contributed by atoms with Gasteiger partial charge in [0.1, 0.15) is 11.5 Å². The topological polar surface area (TPSA) is 56.5 Å². The fourth-order valence-electron chi connectivity index (χ4n) is 5.95. The van der Waals surface area contributed by atoms with Crippen molar-refractivity contribution in [1.29, 1.82) is 0 Å². The molecule has 2 aliphatic rings. The zero-order chi connectivity index (χ0) is 21.9. The van der Waals surface area contributed by atoms with E-state index in [2.05, 4.69) is 39.8 Å². The average molecular weight is 399 g/mol. The number of Topliss-reactive ketones (excluding diaryl/α,β-unsaturated/α-hetero) is 1. The normalized spacial score (nSPS) is 31.9. The van der Waals surface area contributed by atoms with E-state index in [0.717, 1.165) is 5.76 Å². The van der Waals surface area contributed by atoms with Gasteiger partial charge in [-0.05, 0) is 33.6 Å². The molecule has 0 bridgehead atoms. The van der Waals surface area contributed by atoms with Crippen LogP contribution in [0.4, 0.5) is 0 Å². The number of ether oxygens (including phenoxy) is 1. The summed E-state index contributed by atoms with van der Waals surface area (Å²) in [6, 6.07) is 0. The lowest BCUT2D eigenvalue weighted by Gasteiger charge is -2.24. The van der Waals surface area contributed by atoms with Gasteiger partial charge in [0.05, 0.1) is 12.7 Å². The Balaban J connectivity index is 2.08. The predicted octanol–water partition coefficient (Wildman–Crippen LogP) is 5.30. The minimum absolute atomic E-state index is 0.00965. The maximum Gasteiger partial charge on any atom is 0.291 e. The van der Waals surface area contributed by atoms with Crippen LogP contribution in [0.15, 0.2) is 32.5 Å². The standard InChI is InChI=1S/C25H34O4/c1-10-18(26)13(2)11-14(3)19-15(4)12-24(7)21(19)25(24,8)22-16(5)20(27)17(6)23(28-9)29-22/h11-13,19,21H,10H2,1-9H3/b14-11-/t13-,19+,21-,24+,25-/m1/s1. The highest BCUT2D eigenvalue weighted by Crippen LogP contribution is 2.78. The van der Waals surface area contributed by atoms with Crippen molar-refractivity contribution in [3.8, 4) is 5.95 Å². The first-order valence-corrected chi connectivity index (χ1v) is 10.5. The fraction of sp³-hybridized carbons (Fsp3) is 0.600. The summed E-state index contributed by atoms with van der Waals surface area (Å²) < 4.78 is 11.5. The fourth-order valence-corrected chi connectivity index (χ4v) is 5.95. The van der Waals surface area contributed by atoms with E-state index in [0.29, 0.717) is 29.4 Å². The van der Waals surface area contributed by atoms with E-state index in [1.54, 1.807) is 6.92 Å². The molecule has 158 valence electrons. The van der Waals surface area contributed by atoms with Gasteiger partial charge in [0.25, 0.3) is 5.95 Å². The summed E-state index contributed by atoms with van der Waals surface area (Å²) >= 11 is 0. The number of carbonyl (C=O) groups excluding carboxylic acids is 1. The summed E-state index contributed by atoms with van der Waals surface area (Å²) in [7, 11) is 1.54. The maximum atomic E-state index is 12.8. The molecule has 0 spiro atoms. The summed E-state index contributed by atoms with van der Waals surface area (Å²) in [5.74, 6) is 1.76. The molecule has 0 aromatic carbocycles. The number of carbonyl (C=O) groups is 1. The van der Waals surface area contributed by atoms with Crippen LogP contribution in [0.3, 0.4) is 0 Å². The molecule has 0 saturated heterocycles. The van der Waals surface area contributed by atoms with Gasteiger partial charge in [-0.15, -0.1) is 0 Å². The molecule has 0 radical (unpaired) electrons. The van der Waals surface area contributed by atoms with E-state index >= 15 is 0 Å². The van der Waals surface area contributed by atoms with E-state index in [4.69, 9.17) is 9.15 Å². The molecule has 4 nitrogen and oxygen atoms in total. The Labute approximate surface area is 174 Å². The molecule has 0 amide bonds. The van der Waals surface area contributed by atoms with Gasteiger partial charge in [0.2, 0.25) is 0 Å². The lowest BCUT2D eigenvalue weighted by atomic mass is 9.81. The van der Waals surface area contributed by atoms with Gasteiger partial charge >= 0.3 is 0 Å². The Morgan fingerprint density at radius 2 is 1.90 bits per heavy atom. The molecule has 1 fully saturated rings. The quantitative estimate of drug-likeness (QED) is 0.611. The second kappa shape index (κ2) is 7.00. The Hall–Kier alpha value is -2.10. The van der Waals surface area contributed by atoms with Gasteiger partial charge in [-0.3, -0.25) is 9.59 Å². The lowest BCUT2D eigenvalue weighted by Crippen LogP contribution is -2.23. The molecule has 0 unspecified atom stereocenters. The molecule has 2 aliphatic carbocycles. The van der Waals surface area contributed by atoms with Crippen LogP contribution >= 0.6 is 0 Å². The van der Waals surface area contributed by atoms with E-state index in [1.807, 2.05) is 20.8 Å². The van der Waals surface area contributed by atoms with Crippen molar-refractivity contribution in [1.82, 2.24) is 0 Å². The van der Waals surface area contributed by atoms with Gasteiger partial charge in [-0.1, -0.05) is 51.0 Å². The van der Waals surface area contributed by atoms with Crippen LogP contribution in [0.2, 0.25) is 0 Å². The van der Waals surface area contributed by atoms with Gasteiger partial charge in [-0.25, -0.2) is 0 Å². The van der Waals surface area contributed by atoms with Crippen LogP contribution in [0, 0.1) is 37.0 Å². The van der Waals surface area contributed by atoms with E-state index < -0.39 is 0 Å². The third-order valence-electron chi connectivity index (χ3n) is 7.69. The number of fused-ring (bicyclic) bond motifs is 1. The highest BCUT2D eigenvalue weighted by molar-refractivity contribution is 5.82. The molecular weight excluding hydrogens is 364 g/mol. The van der Waals surface area contributed by atoms with Crippen molar-refractivity contribution in [2.45, 2.75) is 67.2 Å². The van der Waals surface area contributed by atoms with Crippen molar-refractivity contribution in [2.75, 3.05) is 7.11 Å². The smallest absolute Gasteiger partial charge is 0.291 e. The number of hydrogen-bond donors (Lipinski definition) is 0. The Kier molecular flexibility index (Phi) is 5.21. The maximum absolute atomic E-state index is 12.8. The van der Waals surface area contributed by atoms with Crippen LogP contribution in [0.5, 0.6) is 5.95 Å². The van der Waals surface area contributed by atoms with Gasteiger partial charge < -0.3 is 9.15 Å². The summed E-state index contributed by atoms with van der Waals surface area (Å²) in [6.07, 6.45) is 5.02. The number of hydrogen-bond acceptors (Lipinski definition) is 4. The number of rotatable bonds is 6. The number of ketones is 1. The van der Waals surface area contributed by atoms with Crippen molar-refractivity contribution < 1.29 is 13.9 Å². The molecule has 3 rings (SSSR count). The number of allylic oxidation sites excluding steroid dienone is 4. The van der Waals surface area contributed by atoms with E-state index in [1.165, 1.54) is 18.3 Å². The summed E-state index contributed by atoms with van der Waals surface area (Å²) in [5, 5.41) is 0. The first-order valence-electron chi connectivity index (χ1n) is 10.5. The average Bonchev–Trinajstić information content (AvgIpc) is 2.98. The Morgan fingerprint density at radius 1 is 1.28 bits per heavy atom. The molecule has 0 N–H and O–H groups in total. The summed E-state index contributed by atoms with van der Waals surface area (Å²) in [6.45, 7) is 16.2. The van der Waals surface area contributed by atoms with Crippen molar-refractivity contribution in [2.24, 2.45) is 23.2 Å². The van der Waals surface area contributed by atoms with Gasteiger partial charge in [0.15, 0.2) is 5.43 Å². The van der Waals surface area contributed by atoms with Crippen LogP contribution in [-0.2, 0) is 10.2 Å². The van der Waals surface area contributed by atoms with Crippen molar-refractivity contribution in [3.05, 3.63) is 50.4 Å². The first kappa shape index (κ1) is 21.6. The highest BCUT2D eigenvalue weighted by Gasteiger charge is 2.77. The van der Waals surface area contributed by atoms with Crippen LogP contribution in [-0.4, -0.2) is 12.9 Å². The second-order valence-electron chi connectivity index (χ2n) is 9.35. The van der Waals surface area contributed by atoms with Crippen LogP contribution in [0.1, 0.15) is 64.9 Å². The second-order valence-corrected chi connectivity index (χ2v) is 9.35. The largest absolute Gasteiger partial charge is 0.468 e. The molecule has 1 saturated carbocycles. The SMILES string of the molecule is CCC(=O)[C@H](C)/C=C(/C)[C@H]1C(C)=C[C@@]2(C)[C@@H]1[C@]2(C)c1oc(OC)c(C)c(=O)c1C. The molecule has 5 atom stereocenters. The predicted molar refractivity (Wildman–Crippen MR) is 115 cm³/mol. The Morgan fingerprint density at radius 3 is 2.45 bits per heavy atom. The van der Waals surface area contributed by atoms with Crippen molar-refractivity contribution >= 4 is 5.78 Å². The molecule has 0 aliphatic heterocycles. The molecule has 29 heavy (non-hydrogen) atoms. The summed E-state index contributed by atoms with van der Waals surface area (Å²) in [4.78, 5) is 24.9. The van der Waals surface area contributed by atoms with Gasteiger partial charge in [-0.2, -0.15) is 0 Å². The zero-order valence-electron chi connectivity index (χ0n) is 19.2. The minimum Gasteiger partial charge on any atom is -0.468 e.